The van der Waals surface area contributed by atoms with Crippen molar-refractivity contribution in [3.63, 3.8) is 0 Å². The van der Waals surface area contributed by atoms with Gasteiger partial charge in [-0.3, -0.25) is 0 Å². The summed E-state index contributed by atoms with van der Waals surface area (Å²) in [6.45, 7) is 5.57. The second-order valence-corrected chi connectivity index (χ2v) is 5.22. The van der Waals surface area contributed by atoms with Gasteiger partial charge < -0.3 is 11.1 Å². The van der Waals surface area contributed by atoms with Crippen molar-refractivity contribution in [1.82, 2.24) is 14.8 Å². The van der Waals surface area contributed by atoms with Crippen LogP contribution in [-0.4, -0.2) is 21.3 Å². The molecule has 102 valence electrons. The van der Waals surface area contributed by atoms with E-state index in [1.165, 1.54) is 0 Å². The molecule has 0 amide bonds. The van der Waals surface area contributed by atoms with E-state index in [4.69, 9.17) is 17.3 Å². The van der Waals surface area contributed by atoms with Gasteiger partial charge in [0.1, 0.15) is 0 Å². The SMILES string of the molecule is CC(C)CNc1nc(N)n(Cc2ccccc2Cl)n1. The molecular weight excluding hydrogens is 262 g/mol. The Hall–Kier alpha value is -1.75. The van der Waals surface area contributed by atoms with Gasteiger partial charge in [-0.25, -0.2) is 4.68 Å². The average Bonchev–Trinajstić information content (AvgIpc) is 2.71. The van der Waals surface area contributed by atoms with Gasteiger partial charge in [0.15, 0.2) is 0 Å². The molecule has 0 aliphatic rings. The third-order valence-corrected chi connectivity index (χ3v) is 3.02. The van der Waals surface area contributed by atoms with E-state index < -0.39 is 0 Å². The third kappa shape index (κ3) is 3.61. The van der Waals surface area contributed by atoms with Crippen LogP contribution in [0.3, 0.4) is 0 Å². The highest BCUT2D eigenvalue weighted by Gasteiger charge is 2.09. The Morgan fingerprint density at radius 3 is 2.79 bits per heavy atom. The number of nitrogens with two attached hydrogens (primary N) is 1. The summed E-state index contributed by atoms with van der Waals surface area (Å²) in [4.78, 5) is 4.18. The largest absolute Gasteiger partial charge is 0.368 e. The minimum Gasteiger partial charge on any atom is -0.368 e. The summed E-state index contributed by atoms with van der Waals surface area (Å²) >= 11 is 6.12. The second-order valence-electron chi connectivity index (χ2n) is 4.82. The number of halogens is 1. The molecule has 0 fully saturated rings. The van der Waals surface area contributed by atoms with Crippen LogP contribution in [0.25, 0.3) is 0 Å². The molecular formula is C13H18ClN5. The lowest BCUT2D eigenvalue weighted by Crippen LogP contribution is -2.10. The zero-order valence-electron chi connectivity index (χ0n) is 11.1. The number of rotatable bonds is 5. The van der Waals surface area contributed by atoms with Crippen molar-refractivity contribution in [1.29, 1.82) is 0 Å². The summed E-state index contributed by atoms with van der Waals surface area (Å²) in [5, 5.41) is 8.18. The van der Waals surface area contributed by atoms with Crippen LogP contribution in [0.4, 0.5) is 11.9 Å². The first kappa shape index (κ1) is 13.7. The lowest BCUT2D eigenvalue weighted by molar-refractivity contribution is 0.673. The molecule has 6 heteroatoms. The Kier molecular flexibility index (Phi) is 4.27. The summed E-state index contributed by atoms with van der Waals surface area (Å²) in [5.74, 6) is 1.46. The second kappa shape index (κ2) is 5.93. The predicted octanol–water partition coefficient (Wildman–Crippen LogP) is 2.63. The van der Waals surface area contributed by atoms with Crippen molar-refractivity contribution in [2.24, 2.45) is 5.92 Å². The Balaban J connectivity index is 2.11. The van der Waals surface area contributed by atoms with Crippen molar-refractivity contribution >= 4 is 23.5 Å². The lowest BCUT2D eigenvalue weighted by atomic mass is 10.2. The number of hydrogen-bond acceptors (Lipinski definition) is 4. The Morgan fingerprint density at radius 1 is 1.37 bits per heavy atom. The van der Waals surface area contributed by atoms with Gasteiger partial charge in [-0.1, -0.05) is 43.6 Å². The Bertz CT molecular complexity index is 550. The third-order valence-electron chi connectivity index (χ3n) is 2.65. The van der Waals surface area contributed by atoms with E-state index in [0.29, 0.717) is 29.4 Å². The van der Waals surface area contributed by atoms with E-state index >= 15 is 0 Å². The monoisotopic (exact) mass is 279 g/mol. The van der Waals surface area contributed by atoms with Gasteiger partial charge in [0.05, 0.1) is 6.54 Å². The molecule has 1 aromatic carbocycles. The molecule has 0 unspecified atom stereocenters. The van der Waals surface area contributed by atoms with Crippen molar-refractivity contribution in [3.05, 3.63) is 34.9 Å². The zero-order chi connectivity index (χ0) is 13.8. The van der Waals surface area contributed by atoms with Crippen molar-refractivity contribution in [2.75, 3.05) is 17.6 Å². The van der Waals surface area contributed by atoms with Gasteiger partial charge in [0, 0.05) is 11.6 Å². The molecule has 2 rings (SSSR count). The molecule has 0 aliphatic carbocycles. The summed E-state index contributed by atoms with van der Waals surface area (Å²) in [5.41, 5.74) is 6.82. The van der Waals surface area contributed by atoms with Gasteiger partial charge in [0.2, 0.25) is 11.9 Å². The summed E-state index contributed by atoms with van der Waals surface area (Å²) in [6, 6.07) is 7.63. The number of anilines is 2. The van der Waals surface area contributed by atoms with Gasteiger partial charge in [-0.15, -0.1) is 5.10 Å². The fourth-order valence-corrected chi connectivity index (χ4v) is 1.82. The molecule has 1 aromatic heterocycles. The topological polar surface area (TPSA) is 68.8 Å². The van der Waals surface area contributed by atoms with Gasteiger partial charge >= 0.3 is 0 Å². The normalized spacial score (nSPS) is 10.9. The van der Waals surface area contributed by atoms with Crippen molar-refractivity contribution < 1.29 is 0 Å². The molecule has 19 heavy (non-hydrogen) atoms. The van der Waals surface area contributed by atoms with Crippen molar-refractivity contribution in [2.45, 2.75) is 20.4 Å². The molecule has 0 spiro atoms. The molecule has 5 nitrogen and oxygen atoms in total. The molecule has 0 saturated heterocycles. The minimum atomic E-state index is 0.381. The number of aromatic nitrogens is 3. The quantitative estimate of drug-likeness (QED) is 0.883. The minimum absolute atomic E-state index is 0.381. The maximum atomic E-state index is 6.12. The number of hydrogen-bond donors (Lipinski definition) is 2. The number of nitrogens with zero attached hydrogens (tertiary/aromatic N) is 3. The first-order valence-electron chi connectivity index (χ1n) is 6.24. The van der Waals surface area contributed by atoms with Crippen LogP contribution in [0.5, 0.6) is 0 Å². The van der Waals surface area contributed by atoms with Crippen LogP contribution < -0.4 is 11.1 Å². The van der Waals surface area contributed by atoms with Crippen LogP contribution in [0.15, 0.2) is 24.3 Å². The molecule has 1 heterocycles. The van der Waals surface area contributed by atoms with Gasteiger partial charge in [-0.2, -0.15) is 4.98 Å². The fraction of sp³-hybridized carbons (Fsp3) is 0.385. The van der Waals surface area contributed by atoms with E-state index in [9.17, 15) is 0 Å². The molecule has 0 bridgehead atoms. The zero-order valence-corrected chi connectivity index (χ0v) is 11.9. The van der Waals surface area contributed by atoms with E-state index in [-0.39, 0.29) is 0 Å². The van der Waals surface area contributed by atoms with E-state index in [2.05, 4.69) is 29.2 Å². The average molecular weight is 280 g/mol. The smallest absolute Gasteiger partial charge is 0.243 e. The van der Waals surface area contributed by atoms with Crippen LogP contribution in [-0.2, 0) is 6.54 Å². The summed E-state index contributed by atoms with van der Waals surface area (Å²) in [6.07, 6.45) is 0. The highest BCUT2D eigenvalue weighted by Crippen LogP contribution is 2.17. The molecule has 3 N–H and O–H groups in total. The summed E-state index contributed by atoms with van der Waals surface area (Å²) < 4.78 is 1.64. The standard InChI is InChI=1S/C13H18ClN5/c1-9(2)7-16-13-17-12(15)19(18-13)8-10-5-3-4-6-11(10)14/h3-6,9H,7-8H2,1-2H3,(H3,15,16,17,18). The number of nitrogens with one attached hydrogen (secondary N) is 1. The van der Waals surface area contributed by atoms with E-state index in [1.807, 2.05) is 24.3 Å². The van der Waals surface area contributed by atoms with Crippen LogP contribution in [0.1, 0.15) is 19.4 Å². The van der Waals surface area contributed by atoms with Crippen molar-refractivity contribution in [3.8, 4) is 0 Å². The predicted molar refractivity (Wildman–Crippen MR) is 78.3 cm³/mol. The molecule has 2 aromatic rings. The maximum absolute atomic E-state index is 6.12. The summed E-state index contributed by atoms with van der Waals surface area (Å²) in [7, 11) is 0. The maximum Gasteiger partial charge on any atom is 0.243 e. The van der Waals surface area contributed by atoms with Crippen LogP contribution in [0, 0.1) is 5.92 Å². The first-order chi connectivity index (χ1) is 9.06. The number of nitrogen functional groups attached to an aromatic ring is 1. The van der Waals surface area contributed by atoms with E-state index in [1.54, 1.807) is 4.68 Å². The molecule has 0 saturated carbocycles. The van der Waals surface area contributed by atoms with E-state index in [0.717, 1.165) is 12.1 Å². The van der Waals surface area contributed by atoms with Gasteiger partial charge in [-0.05, 0) is 17.5 Å². The number of benzene rings is 1. The molecule has 0 radical (unpaired) electrons. The lowest BCUT2D eigenvalue weighted by Gasteiger charge is -2.05. The molecule has 0 atom stereocenters. The first-order valence-corrected chi connectivity index (χ1v) is 6.61. The Labute approximate surface area is 117 Å². The fourth-order valence-electron chi connectivity index (χ4n) is 1.63. The van der Waals surface area contributed by atoms with Crippen LogP contribution in [0.2, 0.25) is 5.02 Å². The van der Waals surface area contributed by atoms with Crippen LogP contribution >= 0.6 is 11.6 Å². The van der Waals surface area contributed by atoms with Gasteiger partial charge in [0.25, 0.3) is 0 Å². The molecule has 0 aliphatic heterocycles. The Morgan fingerprint density at radius 2 is 2.11 bits per heavy atom. The highest BCUT2D eigenvalue weighted by molar-refractivity contribution is 6.31. The highest BCUT2D eigenvalue weighted by atomic mass is 35.5.